The Bertz CT molecular complexity index is 276. The maximum atomic E-state index is 12.1. The van der Waals surface area contributed by atoms with Crippen molar-refractivity contribution in [1.82, 2.24) is 10.6 Å². The molecule has 1 heterocycles. The molecular formula is C13H24N2O. The van der Waals surface area contributed by atoms with Crippen molar-refractivity contribution in [2.45, 2.75) is 52.0 Å². The van der Waals surface area contributed by atoms with Gasteiger partial charge in [0.25, 0.3) is 0 Å². The number of carbonyl (C=O) groups is 1. The first-order valence-corrected chi connectivity index (χ1v) is 6.52. The first-order chi connectivity index (χ1) is 7.49. The number of nitrogens with one attached hydrogen (secondary N) is 2. The Labute approximate surface area is 98.4 Å². The van der Waals surface area contributed by atoms with Gasteiger partial charge < -0.3 is 10.6 Å². The predicted octanol–water partition coefficient (Wildman–Crippen LogP) is 1.68. The molecule has 2 fully saturated rings. The lowest BCUT2D eigenvalue weighted by Crippen LogP contribution is -2.52. The van der Waals surface area contributed by atoms with Gasteiger partial charge in [-0.05, 0) is 50.5 Å². The number of rotatable bonds is 4. The van der Waals surface area contributed by atoms with Crippen LogP contribution in [-0.2, 0) is 4.79 Å². The Hall–Kier alpha value is -0.570. The molecule has 2 N–H and O–H groups in total. The normalized spacial score (nSPS) is 31.8. The topological polar surface area (TPSA) is 41.1 Å². The van der Waals surface area contributed by atoms with Crippen LogP contribution in [0.2, 0.25) is 0 Å². The summed E-state index contributed by atoms with van der Waals surface area (Å²) in [6, 6.07) is 0. The summed E-state index contributed by atoms with van der Waals surface area (Å²) < 4.78 is 0. The summed E-state index contributed by atoms with van der Waals surface area (Å²) in [6.45, 7) is 8.37. The van der Waals surface area contributed by atoms with Crippen molar-refractivity contribution >= 4 is 5.91 Å². The van der Waals surface area contributed by atoms with Gasteiger partial charge in [-0.2, -0.15) is 0 Å². The van der Waals surface area contributed by atoms with Gasteiger partial charge in [0.1, 0.15) is 0 Å². The fraction of sp³-hybridized carbons (Fsp3) is 0.923. The Morgan fingerprint density at radius 1 is 1.38 bits per heavy atom. The highest BCUT2D eigenvalue weighted by atomic mass is 16.2. The minimum absolute atomic E-state index is 0.192. The SMILES string of the molecule is CC(C)C1(CNC(=O)C2(C)CCCN2)CC1. The molecule has 0 bridgehead atoms. The van der Waals surface area contributed by atoms with E-state index in [0.29, 0.717) is 11.3 Å². The lowest BCUT2D eigenvalue weighted by molar-refractivity contribution is -0.126. The number of hydrogen-bond acceptors (Lipinski definition) is 2. The molecule has 2 rings (SSSR count). The molecule has 92 valence electrons. The zero-order valence-corrected chi connectivity index (χ0v) is 10.7. The highest BCUT2D eigenvalue weighted by Crippen LogP contribution is 2.51. The number of hydrogen-bond donors (Lipinski definition) is 2. The summed E-state index contributed by atoms with van der Waals surface area (Å²) in [5.41, 5.74) is 0.0949. The lowest BCUT2D eigenvalue weighted by atomic mass is 9.91. The Morgan fingerprint density at radius 3 is 2.50 bits per heavy atom. The summed E-state index contributed by atoms with van der Waals surface area (Å²) in [5, 5.41) is 6.45. The fourth-order valence-electron chi connectivity index (χ4n) is 2.66. The van der Waals surface area contributed by atoms with Crippen molar-refractivity contribution in [3.63, 3.8) is 0 Å². The monoisotopic (exact) mass is 224 g/mol. The van der Waals surface area contributed by atoms with E-state index >= 15 is 0 Å². The zero-order valence-electron chi connectivity index (χ0n) is 10.7. The largest absolute Gasteiger partial charge is 0.354 e. The molecule has 3 heteroatoms. The zero-order chi connectivity index (χ0) is 11.8. The van der Waals surface area contributed by atoms with Crippen LogP contribution in [0.4, 0.5) is 0 Å². The molecule has 0 aromatic rings. The van der Waals surface area contributed by atoms with E-state index in [-0.39, 0.29) is 11.4 Å². The van der Waals surface area contributed by atoms with E-state index < -0.39 is 0 Å². The third-order valence-corrected chi connectivity index (χ3v) is 4.59. The van der Waals surface area contributed by atoms with E-state index in [4.69, 9.17) is 0 Å². The molecule has 0 aromatic heterocycles. The van der Waals surface area contributed by atoms with Crippen LogP contribution in [0.1, 0.15) is 46.5 Å². The van der Waals surface area contributed by atoms with Crippen molar-refractivity contribution in [2.24, 2.45) is 11.3 Å². The lowest BCUT2D eigenvalue weighted by Gasteiger charge is -2.26. The van der Waals surface area contributed by atoms with E-state index in [1.54, 1.807) is 0 Å². The summed E-state index contributed by atoms with van der Waals surface area (Å²) in [5.74, 6) is 0.870. The molecule has 3 nitrogen and oxygen atoms in total. The second kappa shape index (κ2) is 4.02. The van der Waals surface area contributed by atoms with Crippen molar-refractivity contribution in [2.75, 3.05) is 13.1 Å². The summed E-state index contributed by atoms with van der Waals surface area (Å²) >= 11 is 0. The van der Waals surface area contributed by atoms with Crippen molar-refractivity contribution in [3.8, 4) is 0 Å². The molecule has 0 spiro atoms. The third kappa shape index (κ3) is 2.10. The fourth-order valence-corrected chi connectivity index (χ4v) is 2.66. The van der Waals surface area contributed by atoms with Crippen LogP contribution in [0, 0.1) is 11.3 Å². The first-order valence-electron chi connectivity index (χ1n) is 6.52. The van der Waals surface area contributed by atoms with Gasteiger partial charge in [0.2, 0.25) is 5.91 Å². The smallest absolute Gasteiger partial charge is 0.240 e. The van der Waals surface area contributed by atoms with E-state index in [0.717, 1.165) is 25.9 Å². The molecule has 1 saturated heterocycles. The second-order valence-electron chi connectivity index (χ2n) is 6.06. The third-order valence-electron chi connectivity index (χ3n) is 4.59. The van der Waals surface area contributed by atoms with Crippen LogP contribution in [0.5, 0.6) is 0 Å². The average molecular weight is 224 g/mol. The molecular weight excluding hydrogens is 200 g/mol. The molecule has 1 saturated carbocycles. The van der Waals surface area contributed by atoms with Gasteiger partial charge in [-0.1, -0.05) is 13.8 Å². The first kappa shape index (κ1) is 11.9. The van der Waals surface area contributed by atoms with Gasteiger partial charge in [0, 0.05) is 6.54 Å². The number of amides is 1. The molecule has 0 radical (unpaired) electrons. The van der Waals surface area contributed by atoms with Gasteiger partial charge in [-0.3, -0.25) is 4.79 Å². The van der Waals surface area contributed by atoms with Crippen molar-refractivity contribution in [3.05, 3.63) is 0 Å². The van der Waals surface area contributed by atoms with Crippen LogP contribution >= 0.6 is 0 Å². The maximum absolute atomic E-state index is 12.1. The molecule has 0 aromatic carbocycles. The van der Waals surface area contributed by atoms with Crippen LogP contribution < -0.4 is 10.6 Å². The van der Waals surface area contributed by atoms with Gasteiger partial charge >= 0.3 is 0 Å². The van der Waals surface area contributed by atoms with Crippen LogP contribution in [-0.4, -0.2) is 24.5 Å². The van der Waals surface area contributed by atoms with Gasteiger partial charge in [0.15, 0.2) is 0 Å². The molecule has 2 aliphatic rings. The molecule has 1 amide bonds. The van der Waals surface area contributed by atoms with Crippen molar-refractivity contribution in [1.29, 1.82) is 0 Å². The van der Waals surface area contributed by atoms with E-state index in [1.165, 1.54) is 12.8 Å². The molecule has 1 aliphatic heterocycles. The van der Waals surface area contributed by atoms with E-state index in [9.17, 15) is 4.79 Å². The standard InChI is InChI=1S/C13H24N2O/c1-10(2)13(6-7-13)9-14-11(16)12(3)5-4-8-15-12/h10,15H,4-9H2,1-3H3,(H,14,16). The predicted molar refractivity (Wildman–Crippen MR) is 65.2 cm³/mol. The second-order valence-corrected chi connectivity index (χ2v) is 6.06. The average Bonchev–Trinajstić information content (AvgIpc) is 2.92. The summed E-state index contributed by atoms with van der Waals surface area (Å²) in [6.07, 6.45) is 4.62. The molecule has 1 atom stereocenters. The number of carbonyl (C=O) groups excluding carboxylic acids is 1. The summed E-state index contributed by atoms with van der Waals surface area (Å²) in [7, 11) is 0. The highest BCUT2D eigenvalue weighted by molar-refractivity contribution is 5.86. The van der Waals surface area contributed by atoms with Crippen molar-refractivity contribution < 1.29 is 4.79 Å². The minimum Gasteiger partial charge on any atom is -0.354 e. The minimum atomic E-state index is -0.312. The molecule has 1 unspecified atom stereocenters. The quantitative estimate of drug-likeness (QED) is 0.763. The Kier molecular flexibility index (Phi) is 2.99. The van der Waals surface area contributed by atoms with Gasteiger partial charge in [-0.15, -0.1) is 0 Å². The summed E-state index contributed by atoms with van der Waals surface area (Å²) in [4.78, 5) is 12.1. The highest BCUT2D eigenvalue weighted by Gasteiger charge is 2.46. The molecule has 1 aliphatic carbocycles. The van der Waals surface area contributed by atoms with E-state index in [2.05, 4.69) is 24.5 Å². The maximum Gasteiger partial charge on any atom is 0.240 e. The van der Waals surface area contributed by atoms with Gasteiger partial charge in [0.05, 0.1) is 5.54 Å². The Morgan fingerprint density at radius 2 is 2.06 bits per heavy atom. The molecule has 16 heavy (non-hydrogen) atoms. The van der Waals surface area contributed by atoms with Gasteiger partial charge in [-0.25, -0.2) is 0 Å². The van der Waals surface area contributed by atoms with Crippen LogP contribution in [0.3, 0.4) is 0 Å². The van der Waals surface area contributed by atoms with Crippen LogP contribution in [0.15, 0.2) is 0 Å². The Balaban J connectivity index is 1.84. The van der Waals surface area contributed by atoms with Crippen LogP contribution in [0.25, 0.3) is 0 Å². The van der Waals surface area contributed by atoms with E-state index in [1.807, 2.05) is 6.92 Å².